The lowest BCUT2D eigenvalue weighted by Gasteiger charge is -2.14. The van der Waals surface area contributed by atoms with Crippen molar-refractivity contribution >= 4 is 0 Å². The van der Waals surface area contributed by atoms with Gasteiger partial charge in [-0.2, -0.15) is 0 Å². The topological polar surface area (TPSA) is 24.9 Å². The molecule has 0 radical (unpaired) electrons. The summed E-state index contributed by atoms with van der Waals surface area (Å²) in [6, 6.07) is 12.6. The Morgan fingerprint density at radius 2 is 1.94 bits per heavy atom. The highest BCUT2D eigenvalue weighted by Gasteiger charge is 2.09. The van der Waals surface area contributed by atoms with Crippen molar-refractivity contribution in [2.75, 3.05) is 0 Å². The Kier molecular flexibility index (Phi) is 3.83. The summed E-state index contributed by atoms with van der Waals surface area (Å²) < 4.78 is 13.5. The second-order valence-electron chi connectivity index (χ2n) is 3.95. The zero-order valence-electron chi connectivity index (χ0n) is 9.73. The van der Waals surface area contributed by atoms with Crippen LogP contribution in [0.5, 0.6) is 0 Å². The molecule has 2 rings (SSSR count). The summed E-state index contributed by atoms with van der Waals surface area (Å²) in [4.78, 5) is 4.21. The third-order valence-corrected chi connectivity index (χ3v) is 2.69. The first-order chi connectivity index (χ1) is 8.27. The van der Waals surface area contributed by atoms with E-state index in [9.17, 15) is 4.39 Å². The molecule has 0 spiro atoms. The van der Waals surface area contributed by atoms with Crippen molar-refractivity contribution in [2.24, 2.45) is 0 Å². The van der Waals surface area contributed by atoms with Gasteiger partial charge < -0.3 is 5.32 Å². The quantitative estimate of drug-likeness (QED) is 0.873. The van der Waals surface area contributed by atoms with Crippen LogP contribution in [0, 0.1) is 5.82 Å². The fraction of sp³-hybridized carbons (Fsp3) is 0.214. The molecule has 88 valence electrons. The zero-order chi connectivity index (χ0) is 12.1. The second-order valence-corrected chi connectivity index (χ2v) is 3.95. The number of rotatable bonds is 4. The molecular formula is C14H15FN2. The maximum Gasteiger partial charge on any atom is 0.127 e. The van der Waals surface area contributed by atoms with E-state index in [1.54, 1.807) is 18.3 Å². The molecule has 2 aromatic rings. The number of hydrogen-bond acceptors (Lipinski definition) is 2. The lowest BCUT2D eigenvalue weighted by Crippen LogP contribution is -2.19. The number of benzene rings is 1. The molecule has 1 aromatic heterocycles. The smallest absolute Gasteiger partial charge is 0.127 e. The van der Waals surface area contributed by atoms with Crippen molar-refractivity contribution < 1.29 is 4.39 Å². The van der Waals surface area contributed by atoms with Gasteiger partial charge in [-0.3, -0.25) is 4.98 Å². The van der Waals surface area contributed by atoms with Gasteiger partial charge in [-0.1, -0.05) is 24.3 Å². The molecule has 17 heavy (non-hydrogen) atoms. The lowest BCUT2D eigenvalue weighted by molar-refractivity contribution is 0.524. The van der Waals surface area contributed by atoms with Crippen molar-refractivity contribution in [3.8, 4) is 0 Å². The van der Waals surface area contributed by atoms with E-state index in [4.69, 9.17) is 0 Å². The maximum atomic E-state index is 13.5. The van der Waals surface area contributed by atoms with Gasteiger partial charge in [-0.05, 0) is 25.1 Å². The summed E-state index contributed by atoms with van der Waals surface area (Å²) in [5.41, 5.74) is 1.64. The highest BCUT2D eigenvalue weighted by molar-refractivity contribution is 5.20. The third kappa shape index (κ3) is 3.11. The van der Waals surface area contributed by atoms with Crippen LogP contribution in [0.2, 0.25) is 0 Å². The summed E-state index contributed by atoms with van der Waals surface area (Å²) in [6.45, 7) is 2.58. The van der Waals surface area contributed by atoms with Crippen LogP contribution < -0.4 is 5.32 Å². The largest absolute Gasteiger partial charge is 0.304 e. The first-order valence-corrected chi connectivity index (χ1v) is 5.65. The molecule has 0 fully saturated rings. The Morgan fingerprint density at radius 3 is 2.65 bits per heavy atom. The van der Waals surface area contributed by atoms with Crippen LogP contribution in [0.25, 0.3) is 0 Å². The van der Waals surface area contributed by atoms with Crippen molar-refractivity contribution in [1.82, 2.24) is 10.3 Å². The van der Waals surface area contributed by atoms with Crippen LogP contribution in [-0.4, -0.2) is 4.98 Å². The third-order valence-electron chi connectivity index (χ3n) is 2.69. The number of nitrogens with one attached hydrogen (secondary N) is 1. The molecule has 0 aliphatic carbocycles. The average Bonchev–Trinajstić information content (AvgIpc) is 2.38. The molecule has 2 nitrogen and oxygen atoms in total. The Labute approximate surface area is 101 Å². The number of aromatic nitrogens is 1. The monoisotopic (exact) mass is 230 g/mol. The zero-order valence-corrected chi connectivity index (χ0v) is 9.73. The van der Waals surface area contributed by atoms with Gasteiger partial charge in [0.15, 0.2) is 0 Å². The van der Waals surface area contributed by atoms with Gasteiger partial charge in [0.2, 0.25) is 0 Å². The van der Waals surface area contributed by atoms with Crippen molar-refractivity contribution in [2.45, 2.75) is 19.5 Å². The van der Waals surface area contributed by atoms with E-state index in [2.05, 4.69) is 10.3 Å². The fourth-order valence-electron chi connectivity index (χ4n) is 1.70. The Hall–Kier alpha value is -1.74. The van der Waals surface area contributed by atoms with Gasteiger partial charge >= 0.3 is 0 Å². The number of nitrogens with zero attached hydrogens (tertiary/aromatic N) is 1. The molecule has 0 unspecified atom stereocenters. The predicted molar refractivity (Wildman–Crippen MR) is 65.9 cm³/mol. The van der Waals surface area contributed by atoms with Crippen LogP contribution in [0.15, 0.2) is 48.7 Å². The normalized spacial score (nSPS) is 12.4. The van der Waals surface area contributed by atoms with Gasteiger partial charge in [-0.25, -0.2) is 4.39 Å². The van der Waals surface area contributed by atoms with Gasteiger partial charge in [0, 0.05) is 24.3 Å². The average molecular weight is 230 g/mol. The summed E-state index contributed by atoms with van der Waals surface area (Å²) in [5.74, 6) is -0.173. The summed E-state index contributed by atoms with van der Waals surface area (Å²) in [6.07, 6.45) is 1.75. The molecule has 0 saturated carbocycles. The fourth-order valence-corrected chi connectivity index (χ4v) is 1.70. The van der Waals surface area contributed by atoms with Crippen molar-refractivity contribution in [3.05, 3.63) is 65.7 Å². The van der Waals surface area contributed by atoms with Crippen LogP contribution in [0.1, 0.15) is 24.2 Å². The molecule has 3 heteroatoms. The molecule has 1 N–H and O–H groups in total. The number of hydrogen-bond donors (Lipinski definition) is 1. The van der Waals surface area contributed by atoms with E-state index >= 15 is 0 Å². The second kappa shape index (κ2) is 5.55. The standard InChI is InChI=1S/C14H15FN2/c1-11(13-7-2-3-8-14(13)15)17-10-12-6-4-5-9-16-12/h2-9,11,17H,10H2,1H3/t11-/m1/s1. The number of pyridine rings is 1. The minimum atomic E-state index is -0.173. The van der Waals surface area contributed by atoms with Crippen LogP contribution in [-0.2, 0) is 6.54 Å². The van der Waals surface area contributed by atoms with Gasteiger partial charge in [0.25, 0.3) is 0 Å². The first kappa shape index (κ1) is 11.7. The summed E-state index contributed by atoms with van der Waals surface area (Å²) >= 11 is 0. The SMILES string of the molecule is C[C@@H](NCc1ccccn1)c1ccccc1F. The van der Waals surface area contributed by atoms with Crippen LogP contribution in [0.3, 0.4) is 0 Å². The predicted octanol–water partition coefficient (Wildman–Crippen LogP) is 3.07. The molecule has 1 aromatic carbocycles. The summed E-state index contributed by atoms with van der Waals surface area (Å²) in [7, 11) is 0. The molecule has 1 heterocycles. The van der Waals surface area contributed by atoms with E-state index in [1.165, 1.54) is 6.07 Å². The minimum absolute atomic E-state index is 0.0294. The molecule has 0 amide bonds. The first-order valence-electron chi connectivity index (χ1n) is 5.65. The molecular weight excluding hydrogens is 215 g/mol. The van der Waals surface area contributed by atoms with E-state index in [0.717, 1.165) is 5.69 Å². The van der Waals surface area contributed by atoms with Gasteiger partial charge in [0.1, 0.15) is 5.82 Å². The van der Waals surface area contributed by atoms with Gasteiger partial charge in [-0.15, -0.1) is 0 Å². The summed E-state index contributed by atoms with van der Waals surface area (Å²) in [5, 5.41) is 3.25. The van der Waals surface area contributed by atoms with Gasteiger partial charge in [0.05, 0.1) is 5.69 Å². The lowest BCUT2D eigenvalue weighted by atomic mass is 10.1. The molecule has 0 aliphatic rings. The van der Waals surface area contributed by atoms with E-state index in [1.807, 2.05) is 31.2 Å². The van der Waals surface area contributed by atoms with E-state index in [0.29, 0.717) is 12.1 Å². The molecule has 1 atom stereocenters. The maximum absolute atomic E-state index is 13.5. The molecule has 0 aliphatic heterocycles. The molecule has 0 bridgehead atoms. The van der Waals surface area contributed by atoms with E-state index < -0.39 is 0 Å². The Bertz CT molecular complexity index is 471. The highest BCUT2D eigenvalue weighted by Crippen LogP contribution is 2.16. The van der Waals surface area contributed by atoms with Crippen LogP contribution in [0.4, 0.5) is 4.39 Å². The Balaban J connectivity index is 1.99. The number of halogens is 1. The van der Waals surface area contributed by atoms with E-state index in [-0.39, 0.29) is 11.9 Å². The highest BCUT2D eigenvalue weighted by atomic mass is 19.1. The van der Waals surface area contributed by atoms with Crippen molar-refractivity contribution in [1.29, 1.82) is 0 Å². The van der Waals surface area contributed by atoms with Crippen LogP contribution >= 0.6 is 0 Å². The Morgan fingerprint density at radius 1 is 1.18 bits per heavy atom. The molecule has 0 saturated heterocycles. The minimum Gasteiger partial charge on any atom is -0.304 e. The van der Waals surface area contributed by atoms with Crippen molar-refractivity contribution in [3.63, 3.8) is 0 Å².